The van der Waals surface area contributed by atoms with Gasteiger partial charge in [0.1, 0.15) is 5.54 Å². The van der Waals surface area contributed by atoms with Gasteiger partial charge in [0.05, 0.1) is 4.90 Å². The number of carbonyl (C=O) groups is 2. The van der Waals surface area contributed by atoms with Crippen molar-refractivity contribution in [2.45, 2.75) is 23.3 Å². The topological polar surface area (TPSA) is 78.0 Å². The van der Waals surface area contributed by atoms with Crippen molar-refractivity contribution in [2.24, 2.45) is 0 Å². The third kappa shape index (κ3) is 2.55. The highest BCUT2D eigenvalue weighted by Crippen LogP contribution is 2.37. The Morgan fingerprint density at radius 3 is 2.15 bits per heavy atom. The minimum absolute atomic E-state index is 0.201. The first-order valence-electron chi connectivity index (χ1n) is 8.82. The fourth-order valence-corrected chi connectivity index (χ4v) is 5.55. The number of imide groups is 1. The van der Waals surface area contributed by atoms with Crippen molar-refractivity contribution in [3.8, 4) is 0 Å². The zero-order valence-electron chi connectivity index (χ0n) is 15.3. The van der Waals surface area contributed by atoms with E-state index in [0.29, 0.717) is 12.8 Å². The predicted molar refractivity (Wildman–Crippen MR) is 101 cm³/mol. The van der Waals surface area contributed by atoms with E-state index in [1.807, 2.05) is 24.3 Å². The number of piperidine rings is 1. The first-order valence-corrected chi connectivity index (χ1v) is 10.3. The third-order valence-corrected chi connectivity index (χ3v) is 7.72. The summed E-state index contributed by atoms with van der Waals surface area (Å²) in [6, 6.07) is 12.4. The van der Waals surface area contributed by atoms with Crippen LogP contribution >= 0.6 is 0 Å². The largest absolute Gasteiger partial charge is 0.327 e. The van der Waals surface area contributed by atoms with Crippen molar-refractivity contribution in [3.63, 3.8) is 0 Å². The lowest BCUT2D eigenvalue weighted by Gasteiger charge is -2.40. The number of rotatable bonds is 2. The quantitative estimate of drug-likeness (QED) is 0.737. The van der Waals surface area contributed by atoms with Gasteiger partial charge >= 0.3 is 6.03 Å². The van der Waals surface area contributed by atoms with Crippen LogP contribution in [-0.2, 0) is 14.8 Å². The third-order valence-electron chi connectivity index (χ3n) is 5.83. The first-order chi connectivity index (χ1) is 12.8. The molecule has 27 heavy (non-hydrogen) atoms. The first kappa shape index (κ1) is 17.9. The number of benzene rings is 2. The summed E-state index contributed by atoms with van der Waals surface area (Å²) in [6.45, 7) is 0.402. The molecule has 0 radical (unpaired) electrons. The highest BCUT2D eigenvalue weighted by Gasteiger charge is 2.56. The van der Waals surface area contributed by atoms with E-state index in [2.05, 4.69) is 0 Å². The van der Waals surface area contributed by atoms with E-state index in [1.54, 1.807) is 25.2 Å². The van der Waals surface area contributed by atoms with Gasteiger partial charge < -0.3 is 4.90 Å². The Morgan fingerprint density at radius 2 is 1.56 bits per heavy atom. The fourth-order valence-electron chi connectivity index (χ4n) is 4.07. The zero-order chi connectivity index (χ0) is 19.4. The second-order valence-corrected chi connectivity index (χ2v) is 9.09. The molecule has 0 saturated carbocycles. The maximum absolute atomic E-state index is 13.1. The molecule has 0 unspecified atom stereocenters. The average molecular weight is 387 g/mol. The number of hydrogen-bond acceptors (Lipinski definition) is 4. The number of nitrogens with zero attached hydrogens (tertiary/aromatic N) is 3. The van der Waals surface area contributed by atoms with Crippen molar-refractivity contribution in [1.29, 1.82) is 0 Å². The van der Waals surface area contributed by atoms with Crippen LogP contribution < -0.4 is 0 Å². The summed E-state index contributed by atoms with van der Waals surface area (Å²) < 4.78 is 27.6. The maximum atomic E-state index is 13.1. The highest BCUT2D eigenvalue weighted by atomic mass is 32.2. The summed E-state index contributed by atoms with van der Waals surface area (Å²) in [5, 5.41) is 1.85. The molecule has 0 atom stereocenters. The zero-order valence-corrected chi connectivity index (χ0v) is 16.1. The molecule has 2 aromatic carbocycles. The summed E-state index contributed by atoms with van der Waals surface area (Å²) in [5.41, 5.74) is -0.929. The molecule has 2 saturated heterocycles. The molecule has 2 fully saturated rings. The van der Waals surface area contributed by atoms with Crippen molar-refractivity contribution >= 4 is 32.7 Å². The van der Waals surface area contributed by atoms with Crippen LogP contribution in [0.15, 0.2) is 47.4 Å². The van der Waals surface area contributed by atoms with Gasteiger partial charge in [-0.1, -0.05) is 30.3 Å². The van der Waals surface area contributed by atoms with E-state index in [-0.39, 0.29) is 29.9 Å². The minimum atomic E-state index is -3.66. The molecule has 8 heteroatoms. The van der Waals surface area contributed by atoms with Crippen molar-refractivity contribution in [1.82, 2.24) is 14.1 Å². The summed E-state index contributed by atoms with van der Waals surface area (Å²) in [4.78, 5) is 27.5. The Labute approximate surface area is 158 Å². The van der Waals surface area contributed by atoms with E-state index < -0.39 is 15.6 Å². The monoisotopic (exact) mass is 387 g/mol. The second-order valence-electron chi connectivity index (χ2n) is 7.15. The summed E-state index contributed by atoms with van der Waals surface area (Å²) >= 11 is 0. The van der Waals surface area contributed by atoms with Gasteiger partial charge in [-0.05, 0) is 35.7 Å². The number of fused-ring (bicyclic) bond motifs is 1. The van der Waals surface area contributed by atoms with Gasteiger partial charge in [-0.25, -0.2) is 13.2 Å². The molecule has 3 amide bonds. The van der Waals surface area contributed by atoms with Crippen LogP contribution in [0.25, 0.3) is 10.8 Å². The number of sulfonamides is 1. The van der Waals surface area contributed by atoms with E-state index >= 15 is 0 Å². The van der Waals surface area contributed by atoms with Gasteiger partial charge in [-0.15, -0.1) is 0 Å². The van der Waals surface area contributed by atoms with Crippen molar-refractivity contribution in [2.75, 3.05) is 27.2 Å². The molecule has 0 aliphatic carbocycles. The molecular weight excluding hydrogens is 366 g/mol. The lowest BCUT2D eigenvalue weighted by molar-refractivity contribution is -0.133. The number of hydrogen-bond donors (Lipinski definition) is 0. The molecule has 2 aliphatic rings. The molecule has 7 nitrogen and oxygen atoms in total. The van der Waals surface area contributed by atoms with Gasteiger partial charge in [0.25, 0.3) is 5.91 Å². The lowest BCUT2D eigenvalue weighted by Crippen LogP contribution is -2.56. The number of carbonyl (C=O) groups excluding carboxylic acids is 2. The molecule has 142 valence electrons. The molecule has 0 N–H and O–H groups in total. The maximum Gasteiger partial charge on any atom is 0.327 e. The average Bonchev–Trinajstić information content (AvgIpc) is 2.84. The molecule has 0 bridgehead atoms. The van der Waals surface area contributed by atoms with E-state index in [4.69, 9.17) is 0 Å². The molecule has 2 heterocycles. The van der Waals surface area contributed by atoms with Crippen LogP contribution in [0.3, 0.4) is 0 Å². The Morgan fingerprint density at radius 1 is 0.926 bits per heavy atom. The predicted octanol–water partition coefficient (Wildman–Crippen LogP) is 1.89. The summed E-state index contributed by atoms with van der Waals surface area (Å²) in [5.74, 6) is -0.252. The summed E-state index contributed by atoms with van der Waals surface area (Å²) in [6.07, 6.45) is 0.594. The van der Waals surface area contributed by atoms with Crippen molar-refractivity contribution < 1.29 is 18.0 Å². The van der Waals surface area contributed by atoms with E-state index in [1.165, 1.54) is 16.3 Å². The SMILES string of the molecule is CN1C(=O)N(C)C2(CCN(S(=O)(=O)c3ccc4ccccc4c3)CC2)C1=O. The highest BCUT2D eigenvalue weighted by molar-refractivity contribution is 7.89. The smallest absolute Gasteiger partial charge is 0.312 e. The van der Waals surface area contributed by atoms with E-state index in [0.717, 1.165) is 15.7 Å². The normalized spacial score (nSPS) is 20.8. The molecular formula is C19H21N3O4S. The van der Waals surface area contributed by atoms with Gasteiger partial charge in [-0.2, -0.15) is 4.31 Å². The molecule has 2 aliphatic heterocycles. The van der Waals surface area contributed by atoms with E-state index in [9.17, 15) is 18.0 Å². The van der Waals surface area contributed by atoms with Crippen LogP contribution in [0.5, 0.6) is 0 Å². The van der Waals surface area contributed by atoms with Gasteiger partial charge in [0.15, 0.2) is 0 Å². The lowest BCUT2D eigenvalue weighted by atomic mass is 9.87. The van der Waals surface area contributed by atoms with Crippen LogP contribution in [0, 0.1) is 0 Å². The van der Waals surface area contributed by atoms with Gasteiger partial charge in [0.2, 0.25) is 10.0 Å². The summed E-state index contributed by atoms with van der Waals surface area (Å²) in [7, 11) is -0.582. The van der Waals surface area contributed by atoms with Crippen molar-refractivity contribution in [3.05, 3.63) is 42.5 Å². The second kappa shape index (κ2) is 6.03. The Bertz CT molecular complexity index is 1040. The Balaban J connectivity index is 1.60. The Hall–Kier alpha value is -2.45. The fraction of sp³-hybridized carbons (Fsp3) is 0.368. The number of urea groups is 1. The van der Waals surface area contributed by atoms with Crippen LogP contribution in [0.1, 0.15) is 12.8 Å². The molecule has 0 aromatic heterocycles. The van der Waals surface area contributed by atoms with Gasteiger partial charge in [0, 0.05) is 27.2 Å². The Kier molecular flexibility index (Phi) is 4.01. The standard InChI is InChI=1S/C19H21N3O4S/c1-20-17(23)19(21(2)18(20)24)9-11-22(12-10-19)27(25,26)16-8-7-14-5-3-4-6-15(14)13-16/h3-8,13H,9-12H2,1-2H3. The van der Waals surface area contributed by atoms with Crippen LogP contribution in [0.4, 0.5) is 4.79 Å². The molecule has 2 aromatic rings. The number of amides is 3. The van der Waals surface area contributed by atoms with Gasteiger partial charge in [-0.3, -0.25) is 9.69 Å². The minimum Gasteiger partial charge on any atom is -0.312 e. The van der Waals surface area contributed by atoms with Crippen LogP contribution in [-0.4, -0.2) is 67.2 Å². The number of likely N-dealkylation sites (N-methyl/N-ethyl adjacent to an activating group) is 2. The van der Waals surface area contributed by atoms with Crippen LogP contribution in [0.2, 0.25) is 0 Å². The molecule has 4 rings (SSSR count). The molecule has 1 spiro atoms.